The van der Waals surface area contributed by atoms with Gasteiger partial charge in [-0.25, -0.2) is 0 Å². The molecule has 2 rings (SSSR count). The van der Waals surface area contributed by atoms with Crippen LogP contribution in [0.3, 0.4) is 0 Å². The summed E-state index contributed by atoms with van der Waals surface area (Å²) in [6.45, 7) is 6.12. The van der Waals surface area contributed by atoms with Crippen molar-refractivity contribution < 1.29 is 14.3 Å². The molecule has 2 atom stereocenters. The van der Waals surface area contributed by atoms with Gasteiger partial charge in [0.15, 0.2) is 5.78 Å². The average molecular weight is 318 g/mol. The van der Waals surface area contributed by atoms with Gasteiger partial charge in [0, 0.05) is 18.0 Å². The van der Waals surface area contributed by atoms with E-state index in [2.05, 4.69) is 17.6 Å². The minimum atomic E-state index is 0.0420. The Bertz CT molecular complexity index is 528. The number of ketones is 1. The second-order valence-corrected chi connectivity index (χ2v) is 6.18. The molecule has 23 heavy (non-hydrogen) atoms. The van der Waals surface area contributed by atoms with Crippen LogP contribution >= 0.6 is 0 Å². The van der Waals surface area contributed by atoms with Gasteiger partial charge in [0.05, 0.1) is 6.61 Å². The van der Waals surface area contributed by atoms with E-state index in [1.165, 1.54) is 6.92 Å². The van der Waals surface area contributed by atoms with Crippen molar-refractivity contribution in [3.8, 4) is 5.75 Å². The zero-order valence-electron chi connectivity index (χ0n) is 13.9. The molecule has 1 aliphatic heterocycles. The highest BCUT2D eigenvalue weighted by atomic mass is 16.5. The molecule has 1 aliphatic rings. The van der Waals surface area contributed by atoms with Crippen LogP contribution in [0, 0.1) is 5.92 Å². The first-order chi connectivity index (χ1) is 11.1. The summed E-state index contributed by atoms with van der Waals surface area (Å²) in [4.78, 5) is 23.2. The number of piperidine rings is 1. The first-order valence-electron chi connectivity index (χ1n) is 8.30. The third-order valence-electron chi connectivity index (χ3n) is 4.21. The summed E-state index contributed by atoms with van der Waals surface area (Å²) in [5.41, 5.74) is 0.674. The Kier molecular flexibility index (Phi) is 6.59. The number of carbonyl (C=O) groups is 2. The summed E-state index contributed by atoms with van der Waals surface area (Å²) in [5.74, 6) is 1.34. The van der Waals surface area contributed by atoms with Crippen LogP contribution in [0.4, 0.5) is 0 Å². The summed E-state index contributed by atoms with van der Waals surface area (Å²) in [5, 5.41) is 6.44. The Morgan fingerprint density at radius 3 is 2.70 bits per heavy atom. The molecule has 126 valence electrons. The van der Waals surface area contributed by atoms with E-state index in [1.54, 1.807) is 24.3 Å². The number of ether oxygens (including phenoxy) is 1. The predicted molar refractivity (Wildman–Crippen MR) is 89.8 cm³/mol. The Morgan fingerprint density at radius 2 is 2.04 bits per heavy atom. The lowest BCUT2D eigenvalue weighted by Gasteiger charge is -2.30. The molecule has 0 aromatic heterocycles. The van der Waals surface area contributed by atoms with Crippen LogP contribution in [0.15, 0.2) is 24.3 Å². The second kappa shape index (κ2) is 8.67. The van der Waals surface area contributed by atoms with Gasteiger partial charge in [-0.15, -0.1) is 0 Å². The standard InChI is InChI=1S/C18H26N2O3/c1-13-12-19-10-9-17(13)20-18(22)4-3-11-23-16-7-5-15(6-8-16)14(2)21/h5-8,13,17,19H,3-4,9-12H2,1-2H3,(H,20,22). The zero-order chi connectivity index (χ0) is 16.7. The molecule has 5 heteroatoms. The predicted octanol–water partition coefficient (Wildman–Crippen LogP) is 2.16. The number of carbonyl (C=O) groups excluding carboxylic acids is 2. The molecule has 1 heterocycles. The first kappa shape index (κ1) is 17.5. The third kappa shape index (κ3) is 5.67. The molecule has 2 N–H and O–H groups in total. The van der Waals surface area contributed by atoms with E-state index in [1.807, 2.05) is 0 Å². The molecule has 0 aliphatic carbocycles. The summed E-state index contributed by atoms with van der Waals surface area (Å²) < 4.78 is 5.60. The SMILES string of the molecule is CC(=O)c1ccc(OCCCC(=O)NC2CCNCC2C)cc1. The maximum atomic E-state index is 12.0. The van der Waals surface area contributed by atoms with Gasteiger partial charge in [0.2, 0.25) is 5.91 Å². The monoisotopic (exact) mass is 318 g/mol. The third-order valence-corrected chi connectivity index (χ3v) is 4.21. The van der Waals surface area contributed by atoms with E-state index in [0.717, 1.165) is 25.3 Å². The lowest BCUT2D eigenvalue weighted by molar-refractivity contribution is -0.122. The number of Topliss-reactive ketones (excluding diaryl/α,β-unsaturated/α-hetero) is 1. The van der Waals surface area contributed by atoms with E-state index in [9.17, 15) is 9.59 Å². The van der Waals surface area contributed by atoms with Gasteiger partial charge in [0.25, 0.3) is 0 Å². The maximum Gasteiger partial charge on any atom is 0.220 e. The highest BCUT2D eigenvalue weighted by molar-refractivity contribution is 5.94. The second-order valence-electron chi connectivity index (χ2n) is 6.18. The minimum absolute atomic E-state index is 0.0420. The van der Waals surface area contributed by atoms with Gasteiger partial charge < -0.3 is 15.4 Å². The highest BCUT2D eigenvalue weighted by Gasteiger charge is 2.22. The van der Waals surface area contributed by atoms with Crippen LogP contribution < -0.4 is 15.4 Å². The number of benzene rings is 1. The Morgan fingerprint density at radius 1 is 1.30 bits per heavy atom. The smallest absolute Gasteiger partial charge is 0.220 e. The van der Waals surface area contributed by atoms with Crippen molar-refractivity contribution >= 4 is 11.7 Å². The number of hydrogen-bond donors (Lipinski definition) is 2. The number of hydrogen-bond acceptors (Lipinski definition) is 4. The fraction of sp³-hybridized carbons (Fsp3) is 0.556. The van der Waals surface area contributed by atoms with Gasteiger partial charge in [0.1, 0.15) is 5.75 Å². The van der Waals surface area contributed by atoms with Crippen molar-refractivity contribution in [2.75, 3.05) is 19.7 Å². The van der Waals surface area contributed by atoms with Crippen molar-refractivity contribution in [1.29, 1.82) is 0 Å². The van der Waals surface area contributed by atoms with Crippen LogP contribution in [0.5, 0.6) is 5.75 Å². The van der Waals surface area contributed by atoms with Crippen molar-refractivity contribution in [2.24, 2.45) is 5.92 Å². The summed E-state index contributed by atoms with van der Waals surface area (Å²) in [6.07, 6.45) is 2.15. The van der Waals surface area contributed by atoms with Crippen molar-refractivity contribution in [2.45, 2.75) is 39.2 Å². The molecule has 0 radical (unpaired) electrons. The van der Waals surface area contributed by atoms with Gasteiger partial charge >= 0.3 is 0 Å². The largest absolute Gasteiger partial charge is 0.494 e. The zero-order valence-corrected chi connectivity index (χ0v) is 13.9. The highest BCUT2D eigenvalue weighted by Crippen LogP contribution is 2.13. The average Bonchev–Trinajstić information content (AvgIpc) is 2.54. The lowest BCUT2D eigenvalue weighted by Crippen LogP contribution is -2.48. The normalized spacial score (nSPS) is 20.8. The molecule has 1 saturated heterocycles. The Hall–Kier alpha value is -1.88. The van der Waals surface area contributed by atoms with Gasteiger partial charge in [-0.2, -0.15) is 0 Å². The molecule has 5 nitrogen and oxygen atoms in total. The maximum absolute atomic E-state index is 12.0. The fourth-order valence-electron chi connectivity index (χ4n) is 2.72. The molecule has 1 amide bonds. The Labute approximate surface area is 137 Å². The molecule has 0 spiro atoms. The topological polar surface area (TPSA) is 67.4 Å². The fourth-order valence-corrected chi connectivity index (χ4v) is 2.72. The molecule has 0 bridgehead atoms. The van der Waals surface area contributed by atoms with E-state index in [4.69, 9.17) is 4.74 Å². The molecule has 0 saturated carbocycles. The molecule has 1 aromatic carbocycles. The number of amides is 1. The van der Waals surface area contributed by atoms with Crippen LogP contribution in [0.1, 0.15) is 43.5 Å². The Balaban J connectivity index is 1.64. The summed E-state index contributed by atoms with van der Waals surface area (Å²) in [7, 11) is 0. The van der Waals surface area contributed by atoms with Crippen LogP contribution in [0.2, 0.25) is 0 Å². The molecule has 1 fully saturated rings. The van der Waals surface area contributed by atoms with Crippen molar-refractivity contribution in [3.63, 3.8) is 0 Å². The van der Waals surface area contributed by atoms with Crippen LogP contribution in [0.25, 0.3) is 0 Å². The summed E-state index contributed by atoms with van der Waals surface area (Å²) >= 11 is 0. The van der Waals surface area contributed by atoms with Gasteiger partial charge in [-0.05, 0) is 63.0 Å². The summed E-state index contributed by atoms with van der Waals surface area (Å²) in [6, 6.07) is 7.36. The van der Waals surface area contributed by atoms with Crippen LogP contribution in [-0.4, -0.2) is 37.4 Å². The number of nitrogens with one attached hydrogen (secondary N) is 2. The quantitative estimate of drug-likeness (QED) is 0.597. The minimum Gasteiger partial charge on any atom is -0.494 e. The molecule has 1 aromatic rings. The van der Waals surface area contributed by atoms with Crippen molar-refractivity contribution in [1.82, 2.24) is 10.6 Å². The van der Waals surface area contributed by atoms with E-state index in [0.29, 0.717) is 30.9 Å². The first-order valence-corrected chi connectivity index (χ1v) is 8.30. The molecular formula is C18H26N2O3. The van der Waals surface area contributed by atoms with E-state index >= 15 is 0 Å². The van der Waals surface area contributed by atoms with Crippen LogP contribution in [-0.2, 0) is 4.79 Å². The molecule has 2 unspecified atom stereocenters. The van der Waals surface area contributed by atoms with Gasteiger partial charge in [-0.1, -0.05) is 6.92 Å². The van der Waals surface area contributed by atoms with E-state index < -0.39 is 0 Å². The van der Waals surface area contributed by atoms with E-state index in [-0.39, 0.29) is 17.7 Å². The lowest BCUT2D eigenvalue weighted by atomic mass is 9.95. The van der Waals surface area contributed by atoms with Crippen molar-refractivity contribution in [3.05, 3.63) is 29.8 Å². The molecular weight excluding hydrogens is 292 g/mol. The van der Waals surface area contributed by atoms with Gasteiger partial charge in [-0.3, -0.25) is 9.59 Å². The number of rotatable bonds is 7.